The maximum Gasteiger partial charge on any atom is 0.224 e. The summed E-state index contributed by atoms with van der Waals surface area (Å²) in [6.45, 7) is 0.516. The SMILES string of the molecule is O=C(Cc1cccc(O)c1)NCC(Cc1ccc(O)cc1)c1ccccc1. The van der Waals surface area contributed by atoms with Crippen molar-refractivity contribution in [1.29, 1.82) is 0 Å². The van der Waals surface area contributed by atoms with Crippen LogP contribution in [0, 0.1) is 0 Å². The van der Waals surface area contributed by atoms with E-state index in [0.29, 0.717) is 6.54 Å². The minimum Gasteiger partial charge on any atom is -0.508 e. The molecule has 0 aliphatic rings. The number of benzene rings is 3. The standard InChI is InChI=1S/C23H23NO3/c25-21-11-9-17(10-12-21)13-20(19-6-2-1-3-7-19)16-24-23(27)15-18-5-4-8-22(26)14-18/h1-12,14,20,25-26H,13,15-16H2,(H,24,27). The number of hydrogen-bond acceptors (Lipinski definition) is 3. The second-order valence-electron chi connectivity index (χ2n) is 6.63. The molecule has 0 saturated heterocycles. The molecule has 1 atom stereocenters. The average Bonchev–Trinajstić information content (AvgIpc) is 2.67. The molecule has 0 aromatic heterocycles. The zero-order chi connectivity index (χ0) is 19.1. The van der Waals surface area contributed by atoms with Gasteiger partial charge in [-0.25, -0.2) is 0 Å². The Morgan fingerprint density at radius 1 is 0.815 bits per heavy atom. The molecule has 0 aliphatic heterocycles. The molecule has 3 aromatic rings. The van der Waals surface area contributed by atoms with E-state index in [9.17, 15) is 15.0 Å². The van der Waals surface area contributed by atoms with Gasteiger partial charge in [0.1, 0.15) is 11.5 Å². The van der Waals surface area contributed by atoms with Crippen LogP contribution in [0.3, 0.4) is 0 Å². The minimum atomic E-state index is -0.0766. The number of hydrogen-bond donors (Lipinski definition) is 3. The lowest BCUT2D eigenvalue weighted by Gasteiger charge is -2.18. The third-order valence-electron chi connectivity index (χ3n) is 4.51. The van der Waals surface area contributed by atoms with Crippen LogP contribution in [0.1, 0.15) is 22.6 Å². The number of carbonyl (C=O) groups is 1. The van der Waals surface area contributed by atoms with Gasteiger partial charge in [-0.1, -0.05) is 54.6 Å². The minimum absolute atomic E-state index is 0.0766. The second kappa shape index (κ2) is 8.90. The molecule has 4 nitrogen and oxygen atoms in total. The highest BCUT2D eigenvalue weighted by Crippen LogP contribution is 2.22. The van der Waals surface area contributed by atoms with Crippen LogP contribution in [0.5, 0.6) is 11.5 Å². The topological polar surface area (TPSA) is 69.6 Å². The fraction of sp³-hybridized carbons (Fsp3) is 0.174. The Hall–Kier alpha value is -3.27. The Morgan fingerprint density at radius 2 is 1.56 bits per heavy atom. The smallest absolute Gasteiger partial charge is 0.224 e. The second-order valence-corrected chi connectivity index (χ2v) is 6.63. The van der Waals surface area contributed by atoms with E-state index in [-0.39, 0.29) is 29.7 Å². The van der Waals surface area contributed by atoms with Crippen molar-refractivity contribution in [3.05, 3.63) is 95.6 Å². The van der Waals surface area contributed by atoms with Crippen molar-refractivity contribution in [3.63, 3.8) is 0 Å². The first kappa shape index (κ1) is 18.5. The Labute approximate surface area is 159 Å². The molecule has 0 fully saturated rings. The highest BCUT2D eigenvalue weighted by molar-refractivity contribution is 5.78. The first-order chi connectivity index (χ1) is 13.1. The van der Waals surface area contributed by atoms with Gasteiger partial charge in [0.2, 0.25) is 5.91 Å². The molecular weight excluding hydrogens is 338 g/mol. The molecule has 3 rings (SSSR count). The molecule has 0 bridgehead atoms. The summed E-state index contributed by atoms with van der Waals surface area (Å²) in [4.78, 5) is 12.3. The molecule has 0 heterocycles. The van der Waals surface area contributed by atoms with Gasteiger partial charge in [-0.3, -0.25) is 4.79 Å². The fourth-order valence-electron chi connectivity index (χ4n) is 3.10. The molecule has 3 N–H and O–H groups in total. The van der Waals surface area contributed by atoms with Crippen molar-refractivity contribution >= 4 is 5.91 Å². The predicted molar refractivity (Wildman–Crippen MR) is 106 cm³/mol. The van der Waals surface area contributed by atoms with E-state index >= 15 is 0 Å². The lowest BCUT2D eigenvalue weighted by Crippen LogP contribution is -2.30. The molecule has 1 amide bonds. The van der Waals surface area contributed by atoms with Crippen LogP contribution in [0.4, 0.5) is 0 Å². The van der Waals surface area contributed by atoms with Crippen molar-refractivity contribution in [1.82, 2.24) is 5.32 Å². The van der Waals surface area contributed by atoms with Gasteiger partial charge >= 0.3 is 0 Å². The summed E-state index contributed by atoms with van der Waals surface area (Å²) in [5.74, 6) is 0.459. The molecule has 0 spiro atoms. The molecule has 0 aliphatic carbocycles. The van der Waals surface area contributed by atoms with E-state index in [1.165, 1.54) is 0 Å². The van der Waals surface area contributed by atoms with Crippen LogP contribution in [0.15, 0.2) is 78.9 Å². The number of rotatable bonds is 7. The van der Waals surface area contributed by atoms with Crippen LogP contribution in [0.25, 0.3) is 0 Å². The van der Waals surface area contributed by atoms with Crippen molar-refractivity contribution in [2.75, 3.05) is 6.54 Å². The molecule has 3 aromatic carbocycles. The molecule has 4 heteroatoms. The summed E-state index contributed by atoms with van der Waals surface area (Å²) >= 11 is 0. The molecular formula is C23H23NO3. The Morgan fingerprint density at radius 3 is 2.26 bits per heavy atom. The summed E-state index contributed by atoms with van der Waals surface area (Å²) in [5.41, 5.74) is 3.04. The van der Waals surface area contributed by atoms with Gasteiger partial charge in [0.25, 0.3) is 0 Å². The number of carbonyl (C=O) groups excluding carboxylic acids is 1. The van der Waals surface area contributed by atoms with E-state index in [0.717, 1.165) is 23.1 Å². The summed E-state index contributed by atoms with van der Waals surface area (Å²) in [6.07, 6.45) is 0.992. The lowest BCUT2D eigenvalue weighted by atomic mass is 9.92. The summed E-state index contributed by atoms with van der Waals surface area (Å²) < 4.78 is 0. The lowest BCUT2D eigenvalue weighted by molar-refractivity contribution is -0.120. The molecule has 0 saturated carbocycles. The predicted octanol–water partition coefficient (Wildman–Crippen LogP) is 3.78. The number of nitrogens with one attached hydrogen (secondary N) is 1. The van der Waals surface area contributed by atoms with Crippen LogP contribution < -0.4 is 5.32 Å². The molecule has 27 heavy (non-hydrogen) atoms. The van der Waals surface area contributed by atoms with E-state index in [2.05, 4.69) is 17.4 Å². The van der Waals surface area contributed by atoms with Gasteiger partial charge in [0.05, 0.1) is 6.42 Å². The number of phenolic OH excluding ortho intramolecular Hbond substituents is 2. The molecule has 0 radical (unpaired) electrons. The van der Waals surface area contributed by atoms with Crippen LogP contribution >= 0.6 is 0 Å². The zero-order valence-electron chi connectivity index (χ0n) is 15.0. The van der Waals surface area contributed by atoms with Gasteiger partial charge in [-0.2, -0.15) is 0 Å². The Kier molecular flexibility index (Phi) is 6.10. The van der Waals surface area contributed by atoms with Crippen molar-refractivity contribution in [2.24, 2.45) is 0 Å². The monoisotopic (exact) mass is 361 g/mol. The van der Waals surface area contributed by atoms with E-state index in [1.54, 1.807) is 30.3 Å². The molecule has 1 unspecified atom stereocenters. The first-order valence-electron chi connectivity index (χ1n) is 8.97. The van der Waals surface area contributed by atoms with Gasteiger partial charge in [0.15, 0.2) is 0 Å². The van der Waals surface area contributed by atoms with E-state index in [1.807, 2.05) is 36.4 Å². The summed E-state index contributed by atoms with van der Waals surface area (Å²) in [5, 5.41) is 22.0. The highest BCUT2D eigenvalue weighted by Gasteiger charge is 2.14. The third-order valence-corrected chi connectivity index (χ3v) is 4.51. The number of aromatic hydroxyl groups is 2. The maximum absolute atomic E-state index is 12.3. The summed E-state index contributed by atoms with van der Waals surface area (Å²) in [7, 11) is 0. The normalized spacial score (nSPS) is 11.7. The van der Waals surface area contributed by atoms with Crippen LogP contribution in [-0.4, -0.2) is 22.7 Å². The number of phenols is 2. The van der Waals surface area contributed by atoms with Gasteiger partial charge < -0.3 is 15.5 Å². The number of amides is 1. The largest absolute Gasteiger partial charge is 0.508 e. The van der Waals surface area contributed by atoms with Crippen molar-refractivity contribution < 1.29 is 15.0 Å². The van der Waals surface area contributed by atoms with Gasteiger partial charge in [0, 0.05) is 12.5 Å². The third kappa shape index (κ3) is 5.61. The van der Waals surface area contributed by atoms with Gasteiger partial charge in [-0.05, 0) is 47.4 Å². The quantitative estimate of drug-likeness (QED) is 0.600. The highest BCUT2D eigenvalue weighted by atomic mass is 16.3. The average molecular weight is 361 g/mol. The maximum atomic E-state index is 12.3. The Bertz CT molecular complexity index is 876. The van der Waals surface area contributed by atoms with Crippen LogP contribution in [0.2, 0.25) is 0 Å². The fourth-order valence-corrected chi connectivity index (χ4v) is 3.10. The summed E-state index contributed by atoms with van der Waals surface area (Å²) in [6, 6.07) is 24.0. The van der Waals surface area contributed by atoms with E-state index < -0.39 is 0 Å². The van der Waals surface area contributed by atoms with Crippen molar-refractivity contribution in [2.45, 2.75) is 18.8 Å². The van der Waals surface area contributed by atoms with Crippen LogP contribution in [-0.2, 0) is 17.6 Å². The molecule has 138 valence electrons. The van der Waals surface area contributed by atoms with E-state index in [4.69, 9.17) is 0 Å². The van der Waals surface area contributed by atoms with Crippen molar-refractivity contribution in [3.8, 4) is 11.5 Å². The zero-order valence-corrected chi connectivity index (χ0v) is 15.0. The Balaban J connectivity index is 1.66. The first-order valence-corrected chi connectivity index (χ1v) is 8.97. The van der Waals surface area contributed by atoms with Gasteiger partial charge in [-0.15, -0.1) is 0 Å².